The first kappa shape index (κ1) is 31.1. The van der Waals surface area contributed by atoms with Crippen LogP contribution in [0.15, 0.2) is 91.0 Å². The molecule has 4 heterocycles. The zero-order valence-electron chi connectivity index (χ0n) is 26.0. The van der Waals surface area contributed by atoms with Crippen molar-refractivity contribution >= 4 is 39.7 Å². The molecule has 3 atom stereocenters. The lowest BCUT2D eigenvalue weighted by atomic mass is 9.66. The fourth-order valence-electron chi connectivity index (χ4n) is 7.61. The Kier molecular flexibility index (Phi) is 9.17. The summed E-state index contributed by atoms with van der Waals surface area (Å²) >= 11 is -1.36. The third-order valence-electron chi connectivity index (χ3n) is 9.49. The summed E-state index contributed by atoms with van der Waals surface area (Å²) in [6, 6.07) is 28.0. The summed E-state index contributed by atoms with van der Waals surface area (Å²) in [6.07, 6.45) is 6.73. The van der Waals surface area contributed by atoms with E-state index in [1.54, 1.807) is 0 Å². The fraction of sp³-hybridized carbons (Fsp3) is 0.351. The summed E-state index contributed by atoms with van der Waals surface area (Å²) in [7, 11) is 0. The van der Waals surface area contributed by atoms with Crippen LogP contribution in [-0.2, 0) is 31.9 Å². The van der Waals surface area contributed by atoms with Crippen molar-refractivity contribution < 1.29 is 18.9 Å². The van der Waals surface area contributed by atoms with Gasteiger partial charge in [0.25, 0.3) is 5.91 Å². The minimum Gasteiger partial charge on any atom is -0.615 e. The summed E-state index contributed by atoms with van der Waals surface area (Å²) in [6.45, 7) is 6.85. The molecule has 0 saturated carbocycles. The Labute approximate surface area is 268 Å². The number of ether oxygens (including phenoxy) is 1. The molecule has 1 unspecified atom stereocenters. The predicted octanol–water partition coefficient (Wildman–Crippen LogP) is 6.16. The molecule has 3 aromatic carbocycles. The second-order valence-electron chi connectivity index (χ2n) is 12.0. The third kappa shape index (κ3) is 5.83. The predicted molar refractivity (Wildman–Crippen MR) is 180 cm³/mol. The van der Waals surface area contributed by atoms with Gasteiger partial charge in [0.05, 0.1) is 18.2 Å². The number of esters is 1. The number of benzene rings is 3. The highest BCUT2D eigenvalue weighted by atomic mass is 32.2. The van der Waals surface area contributed by atoms with Crippen molar-refractivity contribution in [3.05, 3.63) is 113 Å². The first-order chi connectivity index (χ1) is 21.9. The molecule has 0 aliphatic carbocycles. The van der Waals surface area contributed by atoms with Crippen LogP contribution in [0, 0.1) is 5.41 Å². The molecule has 1 aromatic heterocycles. The van der Waals surface area contributed by atoms with Crippen LogP contribution >= 0.6 is 0 Å². The van der Waals surface area contributed by atoms with Gasteiger partial charge in [0.15, 0.2) is 11.0 Å². The minimum atomic E-state index is -1.36. The quantitative estimate of drug-likeness (QED) is 0.187. The van der Waals surface area contributed by atoms with Gasteiger partial charge in [-0.2, -0.15) is 0 Å². The molecule has 1 amide bonds. The van der Waals surface area contributed by atoms with Crippen LogP contribution in [0.25, 0.3) is 16.6 Å². The smallest absolute Gasteiger partial charge is 0.354 e. The van der Waals surface area contributed by atoms with Crippen LogP contribution in [-0.4, -0.2) is 51.3 Å². The van der Waals surface area contributed by atoms with Crippen molar-refractivity contribution in [1.29, 1.82) is 0 Å². The van der Waals surface area contributed by atoms with E-state index in [-0.39, 0.29) is 22.4 Å². The van der Waals surface area contributed by atoms with Gasteiger partial charge in [-0.25, -0.2) is 4.79 Å². The Bertz CT molecular complexity index is 1660. The molecule has 0 bridgehead atoms. The van der Waals surface area contributed by atoms with Gasteiger partial charge in [0.1, 0.15) is 5.70 Å². The largest absolute Gasteiger partial charge is 0.615 e. The number of piperidine rings is 1. The molecule has 4 aromatic rings. The maximum Gasteiger partial charge on any atom is 0.354 e. The van der Waals surface area contributed by atoms with Gasteiger partial charge < -0.3 is 19.6 Å². The van der Waals surface area contributed by atoms with Crippen molar-refractivity contribution in [3.63, 3.8) is 0 Å². The van der Waals surface area contributed by atoms with E-state index < -0.39 is 17.1 Å². The molecule has 7 nitrogen and oxygen atoms in total. The van der Waals surface area contributed by atoms with Gasteiger partial charge in [-0.1, -0.05) is 85.8 Å². The maximum absolute atomic E-state index is 12.9. The summed E-state index contributed by atoms with van der Waals surface area (Å²) in [5.74, 6) is -0.866. The van der Waals surface area contributed by atoms with Crippen LogP contribution < -0.4 is 5.73 Å². The molecule has 2 N–H and O–H groups in total. The van der Waals surface area contributed by atoms with Crippen LogP contribution in [0.5, 0.6) is 0 Å². The fourth-order valence-corrected chi connectivity index (χ4v) is 8.98. The number of hydrogen-bond donors (Lipinski definition) is 1. The number of amides is 1. The van der Waals surface area contributed by atoms with Crippen LogP contribution in [0.2, 0.25) is 0 Å². The average molecular weight is 624 g/mol. The molecule has 0 radical (unpaired) electrons. The molecule has 45 heavy (non-hydrogen) atoms. The molecule has 0 spiro atoms. The van der Waals surface area contributed by atoms with Crippen LogP contribution in [0.1, 0.15) is 66.8 Å². The van der Waals surface area contributed by atoms with Crippen LogP contribution in [0.3, 0.4) is 0 Å². The summed E-state index contributed by atoms with van der Waals surface area (Å²) < 4.78 is 20.1. The van der Waals surface area contributed by atoms with Crippen molar-refractivity contribution in [2.45, 2.75) is 50.8 Å². The molecular weight excluding hydrogens is 582 g/mol. The summed E-state index contributed by atoms with van der Waals surface area (Å²) in [4.78, 5) is 26.6. The summed E-state index contributed by atoms with van der Waals surface area (Å²) in [5.41, 5.74) is 11.7. The molecule has 1 saturated heterocycles. The monoisotopic (exact) mass is 623 g/mol. The van der Waals surface area contributed by atoms with E-state index in [0.717, 1.165) is 54.7 Å². The van der Waals surface area contributed by atoms with E-state index in [1.807, 2.05) is 67.6 Å². The normalized spacial score (nSPS) is 20.9. The number of nitrogens with two attached hydrogens (primary N) is 1. The van der Waals surface area contributed by atoms with Crippen molar-refractivity contribution in [3.8, 4) is 0 Å². The zero-order chi connectivity index (χ0) is 31.6. The Morgan fingerprint density at radius 3 is 2.24 bits per heavy atom. The number of fused-ring (bicyclic) bond motifs is 3. The number of primary amides is 1. The standard InChI is InChI=1S/C22H26N2O2.C15H15NO2S/c1-3-22-11-7-12-23-13-10-16-15-8-5-6-9-17(15)24(19(16)20(22)23)18(14-22)21(25)26-4-2;16-14(17)11-19(18)15(12-7-3-1-4-8-12)13-9-5-2-6-10-13/h5-6,8-9,14,20H,3-4,7,10-13H2,1-2H3;1-10,15H,11H2,(H2,16,17)/t20-,22+;/m1./s1. The van der Waals surface area contributed by atoms with Gasteiger partial charge >= 0.3 is 5.97 Å². The van der Waals surface area contributed by atoms with Crippen molar-refractivity contribution in [1.82, 2.24) is 9.47 Å². The second-order valence-corrected chi connectivity index (χ2v) is 13.6. The van der Waals surface area contributed by atoms with Crippen LogP contribution in [0.4, 0.5) is 0 Å². The highest BCUT2D eigenvalue weighted by molar-refractivity contribution is 7.92. The lowest BCUT2D eigenvalue weighted by molar-refractivity contribution is -0.136. The van der Waals surface area contributed by atoms with E-state index in [9.17, 15) is 14.1 Å². The number of carbonyl (C=O) groups excluding carboxylic acids is 2. The molecular formula is C37H41N3O4S. The Hall–Kier alpha value is -3.85. The zero-order valence-corrected chi connectivity index (χ0v) is 26.8. The molecule has 234 valence electrons. The van der Waals surface area contributed by atoms with Crippen molar-refractivity contribution in [2.75, 3.05) is 25.4 Å². The van der Waals surface area contributed by atoms with E-state index in [1.165, 1.54) is 23.1 Å². The highest BCUT2D eigenvalue weighted by Gasteiger charge is 2.51. The second kappa shape index (κ2) is 13.3. The first-order valence-electron chi connectivity index (χ1n) is 15.9. The minimum absolute atomic E-state index is 0.0416. The lowest BCUT2D eigenvalue weighted by Crippen LogP contribution is -2.51. The topological polar surface area (TPSA) is 101 Å². The van der Waals surface area contributed by atoms with Crippen molar-refractivity contribution in [2.24, 2.45) is 11.1 Å². The number of carbonyl (C=O) groups is 2. The van der Waals surface area contributed by atoms with Gasteiger partial charge in [-0.15, -0.1) is 0 Å². The lowest BCUT2D eigenvalue weighted by Gasteiger charge is -2.53. The molecule has 8 heteroatoms. The number of aromatic nitrogens is 1. The van der Waals surface area contributed by atoms with E-state index in [0.29, 0.717) is 12.6 Å². The maximum atomic E-state index is 12.9. The van der Waals surface area contributed by atoms with Gasteiger partial charge in [-0.3, -0.25) is 9.69 Å². The first-order valence-corrected chi connectivity index (χ1v) is 17.3. The SMILES string of the molecule is CCOC(=O)C1=C[C@]2(CC)CCCN3CCc4c(n1c1ccccc41)[C@@H]32.NC(=O)C[S+]([O-])C(c1ccccc1)c1ccccc1. The van der Waals surface area contributed by atoms with Gasteiger partial charge in [-0.05, 0) is 68.0 Å². The Morgan fingerprint density at radius 1 is 0.978 bits per heavy atom. The molecule has 3 aliphatic rings. The Balaban J connectivity index is 0.000000168. The van der Waals surface area contributed by atoms with E-state index in [4.69, 9.17) is 10.5 Å². The molecule has 7 rings (SSSR count). The number of rotatable bonds is 8. The molecule has 3 aliphatic heterocycles. The molecule has 1 fully saturated rings. The number of hydrogen-bond acceptors (Lipinski definition) is 5. The third-order valence-corrected chi connectivity index (χ3v) is 11.1. The highest BCUT2D eigenvalue weighted by Crippen LogP contribution is 2.57. The summed E-state index contributed by atoms with van der Waals surface area (Å²) in [5, 5.41) is 0.977. The van der Waals surface area contributed by atoms with Gasteiger partial charge in [0.2, 0.25) is 0 Å². The van der Waals surface area contributed by atoms with E-state index >= 15 is 0 Å². The number of nitrogens with zero attached hydrogens (tertiary/aromatic N) is 2. The Morgan fingerprint density at radius 2 is 1.62 bits per heavy atom. The average Bonchev–Trinajstić information content (AvgIpc) is 3.40. The van der Waals surface area contributed by atoms with E-state index in [2.05, 4.69) is 46.7 Å². The number of para-hydroxylation sites is 1. The van der Waals surface area contributed by atoms with Gasteiger partial charge in [0, 0.05) is 34.2 Å².